The molecule has 0 unspecified atom stereocenters. The molecular formula is C48H31N3. The molecule has 0 fully saturated rings. The van der Waals surface area contributed by atoms with Crippen LogP contribution in [0.3, 0.4) is 0 Å². The van der Waals surface area contributed by atoms with E-state index in [2.05, 4.69) is 0 Å². The molecule has 0 aliphatic carbocycles. The number of hydrogen-bond donors (Lipinski definition) is 0. The Bertz CT molecular complexity index is 4320. The van der Waals surface area contributed by atoms with Gasteiger partial charge in [-0.25, -0.2) is 0 Å². The second-order valence-corrected chi connectivity index (χ2v) is 11.7. The van der Waals surface area contributed by atoms with Crippen molar-refractivity contribution in [2.45, 2.75) is 0 Å². The zero-order valence-corrected chi connectivity index (χ0v) is 26.0. The number of para-hydroxylation sites is 6. The van der Waals surface area contributed by atoms with Crippen LogP contribution in [0.15, 0.2) is 188 Å². The van der Waals surface area contributed by atoms with Crippen molar-refractivity contribution < 1.29 is 30.2 Å². The zero-order valence-electron chi connectivity index (χ0n) is 48.0. The van der Waals surface area contributed by atoms with Crippen LogP contribution in [-0.4, -0.2) is 13.7 Å². The Morgan fingerprint density at radius 1 is 0.333 bits per heavy atom. The third-order valence-corrected chi connectivity index (χ3v) is 9.10. The first-order chi connectivity index (χ1) is 34.5. The fourth-order valence-corrected chi connectivity index (χ4v) is 7.08. The quantitative estimate of drug-likeness (QED) is 0.177. The van der Waals surface area contributed by atoms with Gasteiger partial charge in [-0.2, -0.15) is 0 Å². The number of hydrogen-bond acceptors (Lipinski definition) is 0. The van der Waals surface area contributed by atoms with Crippen molar-refractivity contribution in [3.05, 3.63) is 188 Å². The summed E-state index contributed by atoms with van der Waals surface area (Å²) < 4.78 is 206. The first kappa shape index (κ1) is 14.2. The molecule has 0 bridgehead atoms. The molecule has 0 saturated heterocycles. The smallest absolute Gasteiger partial charge is 0.0782 e. The third-order valence-electron chi connectivity index (χ3n) is 9.10. The summed E-state index contributed by atoms with van der Waals surface area (Å²) >= 11 is 0. The number of aromatic nitrogens is 3. The topological polar surface area (TPSA) is 14.8 Å². The number of nitrogens with zero attached hydrogens (tertiary/aromatic N) is 3. The molecule has 0 aliphatic heterocycles. The molecule has 3 aromatic heterocycles. The second kappa shape index (κ2) is 10.8. The van der Waals surface area contributed by atoms with Crippen LogP contribution in [0.25, 0.3) is 93.6 Å². The fraction of sp³-hybridized carbons (Fsp3) is 0. The van der Waals surface area contributed by atoms with Crippen molar-refractivity contribution in [2.75, 3.05) is 0 Å². The minimum absolute atomic E-state index is 0.239. The van der Waals surface area contributed by atoms with Gasteiger partial charge in [-0.15, -0.1) is 0 Å². The van der Waals surface area contributed by atoms with E-state index in [0.717, 1.165) is 9.13 Å². The lowest BCUT2D eigenvalue weighted by Crippen LogP contribution is -2.01. The number of fused-ring (bicyclic) bond motifs is 9. The highest BCUT2D eigenvalue weighted by atomic mass is 15.1. The average molecular weight is 672 g/mol. The van der Waals surface area contributed by atoms with Crippen LogP contribution >= 0.6 is 0 Å². The summed E-state index contributed by atoms with van der Waals surface area (Å²) in [5.41, 5.74) is -2.61. The monoisotopic (exact) mass is 671 g/mol. The van der Waals surface area contributed by atoms with Crippen LogP contribution in [-0.2, 0) is 0 Å². The van der Waals surface area contributed by atoms with E-state index in [1.807, 2.05) is 0 Å². The molecule has 11 rings (SSSR count). The highest BCUT2D eigenvalue weighted by Crippen LogP contribution is 2.43. The van der Waals surface area contributed by atoms with E-state index in [1.54, 1.807) is 54.6 Å². The summed E-state index contributed by atoms with van der Waals surface area (Å²) in [5, 5.41) is -2.55. The third kappa shape index (κ3) is 3.94. The largest absolute Gasteiger partial charge is 0.309 e. The second-order valence-electron chi connectivity index (χ2n) is 11.7. The lowest BCUT2D eigenvalue weighted by atomic mass is 10.0. The lowest BCUT2D eigenvalue weighted by Gasteiger charge is -2.16. The number of rotatable bonds is 4. The van der Waals surface area contributed by atoms with Gasteiger partial charge in [0.15, 0.2) is 0 Å². The normalized spacial score (nSPS) is 18.0. The zero-order chi connectivity index (χ0) is 52.6. The highest BCUT2D eigenvalue weighted by molar-refractivity contribution is 6.18. The van der Waals surface area contributed by atoms with Gasteiger partial charge in [0, 0.05) is 37.9 Å². The Kier molecular flexibility index (Phi) is 3.01. The number of benzene rings is 8. The van der Waals surface area contributed by atoms with Gasteiger partial charge in [-0.1, -0.05) is 139 Å². The van der Waals surface area contributed by atoms with E-state index in [-0.39, 0.29) is 27.5 Å². The van der Waals surface area contributed by atoms with Crippen LogP contribution in [0, 0.1) is 0 Å². The van der Waals surface area contributed by atoms with E-state index in [1.165, 1.54) is 4.57 Å². The summed E-state index contributed by atoms with van der Waals surface area (Å²) in [6, 6.07) is -1.94. The summed E-state index contributed by atoms with van der Waals surface area (Å²) in [7, 11) is 0. The molecule has 51 heavy (non-hydrogen) atoms. The fourth-order valence-electron chi connectivity index (χ4n) is 7.08. The first-order valence-corrected chi connectivity index (χ1v) is 15.8. The molecule has 8 aromatic carbocycles. The van der Waals surface area contributed by atoms with Gasteiger partial charge in [0.25, 0.3) is 0 Å². The van der Waals surface area contributed by atoms with Gasteiger partial charge in [0.1, 0.15) is 0 Å². The Balaban J connectivity index is 1.52. The maximum absolute atomic E-state index is 9.88. The van der Waals surface area contributed by atoms with E-state index >= 15 is 0 Å². The maximum atomic E-state index is 9.88. The standard InChI is InChI=1S/C48H31N3/c1-2-16-32(17-3-1)33-18-4-9-24-39(33)49-43-28-13-8-22-38(43)47-44(49)29-15-30-45(47)51-42-27-12-7-21-36(42)37-23-14-31-46(48(37)51)50-40-25-10-5-19-34(40)35-20-6-11-26-41(35)50/h1-31H/i5D,6D,7D,8D,10D,11D,12D,13D,14D,15D,19D,20D,21D,22D,23D,25D,26D,27D,28D,29D,30D,31D. The van der Waals surface area contributed by atoms with E-state index in [0.29, 0.717) is 11.1 Å². The van der Waals surface area contributed by atoms with Crippen molar-refractivity contribution in [2.24, 2.45) is 0 Å². The van der Waals surface area contributed by atoms with E-state index in [9.17, 15) is 16.4 Å². The molecule has 0 atom stereocenters. The Morgan fingerprint density at radius 3 is 1.51 bits per heavy atom. The molecule has 0 spiro atoms. The minimum Gasteiger partial charge on any atom is -0.309 e. The van der Waals surface area contributed by atoms with Gasteiger partial charge in [-0.3, -0.25) is 0 Å². The molecule has 0 saturated carbocycles. The van der Waals surface area contributed by atoms with Gasteiger partial charge < -0.3 is 13.7 Å². The van der Waals surface area contributed by atoms with E-state index < -0.39 is 188 Å². The lowest BCUT2D eigenvalue weighted by molar-refractivity contribution is 1.14. The van der Waals surface area contributed by atoms with Crippen LogP contribution in [0.2, 0.25) is 0 Å². The molecule has 238 valence electrons. The molecule has 3 heterocycles. The summed E-state index contributed by atoms with van der Waals surface area (Å²) in [6.45, 7) is 0. The van der Waals surface area contributed by atoms with Gasteiger partial charge >= 0.3 is 0 Å². The predicted octanol–water partition coefficient (Wildman–Crippen LogP) is 12.6. The predicted molar refractivity (Wildman–Crippen MR) is 215 cm³/mol. The molecule has 0 N–H and O–H groups in total. The van der Waals surface area contributed by atoms with Gasteiger partial charge in [-0.05, 0) is 53.9 Å². The molecule has 0 aliphatic rings. The molecule has 3 nitrogen and oxygen atoms in total. The van der Waals surface area contributed by atoms with Crippen molar-refractivity contribution in [1.82, 2.24) is 13.7 Å². The van der Waals surface area contributed by atoms with Crippen LogP contribution in [0.5, 0.6) is 0 Å². The van der Waals surface area contributed by atoms with Crippen molar-refractivity contribution in [3.8, 4) is 28.2 Å². The van der Waals surface area contributed by atoms with Crippen LogP contribution < -0.4 is 0 Å². The van der Waals surface area contributed by atoms with Crippen molar-refractivity contribution in [1.29, 1.82) is 0 Å². The summed E-state index contributed by atoms with van der Waals surface area (Å²) in [6.07, 6.45) is 0. The SMILES string of the molecule is [2H]c1c([2H])c([2H])c2c(c1[2H])c1c(-n3c4c([2H])c([2H])c([2H])c([2H])c4c4c([2H])c([2H])c([2H])c(-n5c6c([2H])c([2H])c([2H])c([2H])c6c6c([2H])c([2H])c([2H])c([2H])c65)c43)c([2H])c([2H])c([2H])c1n2-c1ccccc1-c1ccccc1. The highest BCUT2D eigenvalue weighted by Gasteiger charge is 2.23. The van der Waals surface area contributed by atoms with Gasteiger partial charge in [0.05, 0.1) is 80.3 Å². The van der Waals surface area contributed by atoms with Crippen LogP contribution in [0.4, 0.5) is 0 Å². The Hall–Kier alpha value is -6.84. The van der Waals surface area contributed by atoms with Crippen molar-refractivity contribution in [3.63, 3.8) is 0 Å². The molecule has 0 radical (unpaired) electrons. The molecule has 3 heteroatoms. The van der Waals surface area contributed by atoms with Crippen LogP contribution in [0.1, 0.15) is 30.2 Å². The first-order valence-electron chi connectivity index (χ1n) is 26.8. The molecule has 11 aromatic rings. The minimum atomic E-state index is -0.928. The van der Waals surface area contributed by atoms with Crippen molar-refractivity contribution >= 4 is 65.4 Å². The average Bonchev–Trinajstić information content (AvgIpc) is 4.05. The Labute approximate surface area is 325 Å². The van der Waals surface area contributed by atoms with E-state index in [4.69, 9.17) is 13.7 Å². The molecule has 0 amide bonds. The summed E-state index contributed by atoms with van der Waals surface area (Å²) in [5.74, 6) is 0. The molecular weight excluding hydrogens is 619 g/mol. The Morgan fingerprint density at radius 2 is 0.804 bits per heavy atom. The summed E-state index contributed by atoms with van der Waals surface area (Å²) in [4.78, 5) is 0. The van der Waals surface area contributed by atoms with Gasteiger partial charge in [0.2, 0.25) is 0 Å². The maximum Gasteiger partial charge on any atom is 0.0782 e.